The maximum Gasteiger partial charge on any atom is 0.0695 e. The van der Waals surface area contributed by atoms with Gasteiger partial charge in [0, 0.05) is 9.75 Å². The molecular formula is C13H11NS. The third-order valence-corrected chi connectivity index (χ3v) is 3.39. The highest BCUT2D eigenvalue weighted by atomic mass is 32.1. The molecule has 0 radical (unpaired) electrons. The highest BCUT2D eigenvalue weighted by Gasteiger charge is 2.01. The molecule has 0 saturated heterocycles. The second-order valence-electron chi connectivity index (χ2n) is 3.47. The van der Waals surface area contributed by atoms with Crippen molar-refractivity contribution < 1.29 is 0 Å². The minimum absolute atomic E-state index is 0.510. The van der Waals surface area contributed by atoms with Crippen LogP contribution in [0.1, 0.15) is 10.4 Å². The van der Waals surface area contributed by atoms with Crippen LogP contribution < -0.4 is 0 Å². The number of benzene rings is 1. The number of thiophene rings is 1. The largest absolute Gasteiger partial charge is 0.198 e. The van der Waals surface area contributed by atoms with Crippen molar-refractivity contribution in [1.29, 1.82) is 5.26 Å². The van der Waals surface area contributed by atoms with Gasteiger partial charge in [0.1, 0.15) is 0 Å². The second-order valence-corrected chi connectivity index (χ2v) is 4.64. The van der Waals surface area contributed by atoms with Gasteiger partial charge >= 0.3 is 0 Å². The first-order valence-electron chi connectivity index (χ1n) is 4.82. The average molecular weight is 213 g/mol. The van der Waals surface area contributed by atoms with Gasteiger partial charge in [0.15, 0.2) is 0 Å². The first-order chi connectivity index (χ1) is 7.29. The fourth-order valence-corrected chi connectivity index (χ4v) is 2.37. The van der Waals surface area contributed by atoms with Crippen molar-refractivity contribution in [3.05, 3.63) is 46.8 Å². The lowest BCUT2D eigenvalue weighted by Gasteiger charge is -1.97. The molecule has 0 aliphatic heterocycles. The van der Waals surface area contributed by atoms with Gasteiger partial charge in [-0.3, -0.25) is 0 Å². The van der Waals surface area contributed by atoms with Gasteiger partial charge in [-0.05, 0) is 24.6 Å². The summed E-state index contributed by atoms with van der Waals surface area (Å²) in [5, 5.41) is 8.59. The molecule has 0 saturated carbocycles. The van der Waals surface area contributed by atoms with Crippen molar-refractivity contribution in [2.45, 2.75) is 13.3 Å². The van der Waals surface area contributed by atoms with Crippen molar-refractivity contribution in [3.63, 3.8) is 0 Å². The van der Waals surface area contributed by atoms with Gasteiger partial charge in [0.25, 0.3) is 0 Å². The Balaban J connectivity index is 2.30. The van der Waals surface area contributed by atoms with Crippen molar-refractivity contribution in [2.24, 2.45) is 0 Å². The van der Waals surface area contributed by atoms with E-state index in [4.69, 9.17) is 5.26 Å². The van der Waals surface area contributed by atoms with Gasteiger partial charge in [0.05, 0.1) is 12.5 Å². The Kier molecular flexibility index (Phi) is 2.84. The predicted molar refractivity (Wildman–Crippen MR) is 63.8 cm³/mol. The van der Waals surface area contributed by atoms with Gasteiger partial charge in [-0.25, -0.2) is 0 Å². The molecule has 1 heterocycles. The van der Waals surface area contributed by atoms with Crippen molar-refractivity contribution >= 4 is 11.3 Å². The zero-order chi connectivity index (χ0) is 10.7. The van der Waals surface area contributed by atoms with Crippen LogP contribution >= 0.6 is 11.3 Å². The molecule has 1 aromatic heterocycles. The first-order valence-corrected chi connectivity index (χ1v) is 5.64. The lowest BCUT2D eigenvalue weighted by Crippen LogP contribution is -1.73. The SMILES string of the molecule is Cc1ccc(-c2ccc(CC#N)s2)cc1. The maximum atomic E-state index is 8.59. The van der Waals surface area contributed by atoms with Gasteiger partial charge in [0.2, 0.25) is 0 Å². The van der Waals surface area contributed by atoms with E-state index in [-0.39, 0.29) is 0 Å². The Bertz CT molecular complexity index is 488. The van der Waals surface area contributed by atoms with E-state index in [0.29, 0.717) is 6.42 Å². The molecule has 2 aromatic rings. The number of aryl methyl sites for hydroxylation is 1. The topological polar surface area (TPSA) is 23.8 Å². The van der Waals surface area contributed by atoms with Crippen molar-refractivity contribution in [3.8, 4) is 16.5 Å². The summed E-state index contributed by atoms with van der Waals surface area (Å²) in [6.45, 7) is 2.08. The molecule has 0 fully saturated rings. The number of hydrogen-bond acceptors (Lipinski definition) is 2. The molecule has 0 aliphatic carbocycles. The van der Waals surface area contributed by atoms with E-state index in [1.807, 2.05) is 6.07 Å². The number of nitriles is 1. The Morgan fingerprint density at radius 3 is 2.53 bits per heavy atom. The summed E-state index contributed by atoms with van der Waals surface area (Å²) in [4.78, 5) is 2.37. The van der Waals surface area contributed by atoms with Crippen LogP contribution in [0.4, 0.5) is 0 Å². The molecule has 74 valence electrons. The molecule has 1 aromatic carbocycles. The van der Waals surface area contributed by atoms with Gasteiger partial charge in [-0.2, -0.15) is 5.26 Å². The first kappa shape index (κ1) is 9.95. The van der Waals surface area contributed by atoms with Crippen LogP contribution in [0.5, 0.6) is 0 Å². The average Bonchev–Trinajstić information content (AvgIpc) is 2.68. The number of nitrogens with zero attached hydrogens (tertiary/aromatic N) is 1. The fraction of sp³-hybridized carbons (Fsp3) is 0.154. The third kappa shape index (κ3) is 2.26. The lowest BCUT2D eigenvalue weighted by atomic mass is 10.1. The van der Waals surface area contributed by atoms with Crippen LogP contribution in [0.3, 0.4) is 0 Å². The Hall–Kier alpha value is -1.59. The summed E-state index contributed by atoms with van der Waals surface area (Å²) >= 11 is 1.69. The molecule has 0 N–H and O–H groups in total. The van der Waals surface area contributed by atoms with E-state index in [2.05, 4.69) is 43.3 Å². The molecule has 0 amide bonds. The summed E-state index contributed by atoms with van der Waals surface area (Å²) in [6, 6.07) is 14.7. The molecule has 0 atom stereocenters. The van der Waals surface area contributed by atoms with Crippen LogP contribution in [-0.2, 0) is 6.42 Å². The Labute approximate surface area is 93.6 Å². The molecular weight excluding hydrogens is 202 g/mol. The molecule has 0 aliphatic rings. The Morgan fingerprint density at radius 1 is 1.13 bits per heavy atom. The molecule has 0 bridgehead atoms. The standard InChI is InChI=1S/C13H11NS/c1-10-2-4-11(5-3-10)13-7-6-12(15-13)8-9-14/h2-7H,8H2,1H3. The zero-order valence-corrected chi connectivity index (χ0v) is 9.34. The monoisotopic (exact) mass is 213 g/mol. The zero-order valence-electron chi connectivity index (χ0n) is 8.53. The van der Waals surface area contributed by atoms with Gasteiger partial charge < -0.3 is 0 Å². The van der Waals surface area contributed by atoms with Crippen LogP contribution in [0, 0.1) is 18.3 Å². The van der Waals surface area contributed by atoms with Crippen molar-refractivity contribution in [1.82, 2.24) is 0 Å². The number of hydrogen-bond donors (Lipinski definition) is 0. The summed E-state index contributed by atoms with van der Waals surface area (Å²) in [6.07, 6.45) is 0.510. The molecule has 1 nitrogen and oxygen atoms in total. The van der Waals surface area contributed by atoms with Crippen molar-refractivity contribution in [2.75, 3.05) is 0 Å². The predicted octanol–water partition coefficient (Wildman–Crippen LogP) is 3.79. The number of rotatable bonds is 2. The van der Waals surface area contributed by atoms with E-state index in [9.17, 15) is 0 Å². The van der Waals surface area contributed by atoms with E-state index >= 15 is 0 Å². The minimum Gasteiger partial charge on any atom is -0.198 e. The van der Waals surface area contributed by atoms with E-state index in [1.165, 1.54) is 16.0 Å². The molecule has 2 heteroatoms. The smallest absolute Gasteiger partial charge is 0.0695 e. The quantitative estimate of drug-likeness (QED) is 0.744. The lowest BCUT2D eigenvalue weighted by molar-refractivity contribution is 1.32. The summed E-state index contributed by atoms with van der Waals surface area (Å²) in [7, 11) is 0. The second kappa shape index (κ2) is 4.29. The highest BCUT2D eigenvalue weighted by Crippen LogP contribution is 2.28. The van der Waals surface area contributed by atoms with Crippen LogP contribution in [0.25, 0.3) is 10.4 Å². The van der Waals surface area contributed by atoms with Crippen LogP contribution in [-0.4, -0.2) is 0 Å². The molecule has 0 spiro atoms. The highest BCUT2D eigenvalue weighted by molar-refractivity contribution is 7.15. The van der Waals surface area contributed by atoms with Gasteiger partial charge in [-0.15, -0.1) is 11.3 Å². The normalized spacial score (nSPS) is 9.87. The van der Waals surface area contributed by atoms with E-state index in [1.54, 1.807) is 11.3 Å². The molecule has 0 unspecified atom stereocenters. The third-order valence-electron chi connectivity index (χ3n) is 2.25. The molecule has 2 rings (SSSR count). The maximum absolute atomic E-state index is 8.59. The van der Waals surface area contributed by atoms with Crippen LogP contribution in [0.2, 0.25) is 0 Å². The van der Waals surface area contributed by atoms with E-state index in [0.717, 1.165) is 4.88 Å². The fourth-order valence-electron chi connectivity index (χ4n) is 1.42. The minimum atomic E-state index is 0.510. The summed E-state index contributed by atoms with van der Waals surface area (Å²) < 4.78 is 0. The van der Waals surface area contributed by atoms with Crippen LogP contribution in [0.15, 0.2) is 36.4 Å². The Morgan fingerprint density at radius 2 is 1.87 bits per heavy atom. The molecule has 15 heavy (non-hydrogen) atoms. The van der Waals surface area contributed by atoms with Gasteiger partial charge in [-0.1, -0.05) is 29.8 Å². The summed E-state index contributed by atoms with van der Waals surface area (Å²) in [5.41, 5.74) is 2.50. The van der Waals surface area contributed by atoms with E-state index < -0.39 is 0 Å². The summed E-state index contributed by atoms with van der Waals surface area (Å²) in [5.74, 6) is 0.